The molecule has 5 heteroatoms. The highest BCUT2D eigenvalue weighted by Crippen LogP contribution is 2.21. The summed E-state index contributed by atoms with van der Waals surface area (Å²) in [6.45, 7) is 6.63. The maximum atomic E-state index is 10.8. The first-order valence-corrected chi connectivity index (χ1v) is 8.15. The Hall–Kier alpha value is -1.59. The van der Waals surface area contributed by atoms with Crippen molar-refractivity contribution in [2.45, 2.75) is 25.3 Å². The lowest BCUT2D eigenvalue weighted by Crippen LogP contribution is -2.50. The summed E-state index contributed by atoms with van der Waals surface area (Å²) in [5.41, 5.74) is 0.293. The molecule has 5 nitrogen and oxygen atoms in total. The van der Waals surface area contributed by atoms with Crippen molar-refractivity contribution in [1.82, 2.24) is 9.80 Å². The average Bonchev–Trinajstić information content (AvgIpc) is 2.99. The number of rotatable bonds is 6. The molecule has 1 N–H and O–H groups in total. The lowest BCUT2D eigenvalue weighted by molar-refractivity contribution is 0.0697. The van der Waals surface area contributed by atoms with Gasteiger partial charge in [-0.15, -0.1) is 0 Å². The van der Waals surface area contributed by atoms with Crippen LogP contribution in [-0.4, -0.2) is 66.2 Å². The lowest BCUT2D eigenvalue weighted by Gasteiger charge is -2.37. The van der Waals surface area contributed by atoms with Crippen molar-refractivity contribution in [3.05, 3.63) is 29.8 Å². The number of aromatic carboxylic acids is 1. The predicted octanol–water partition coefficient (Wildman–Crippen LogP) is 1.93. The summed E-state index contributed by atoms with van der Waals surface area (Å²) in [6.07, 6.45) is 3.71. The summed E-state index contributed by atoms with van der Waals surface area (Å²) >= 11 is 0. The predicted molar refractivity (Wildman–Crippen MR) is 84.5 cm³/mol. The van der Waals surface area contributed by atoms with Crippen molar-refractivity contribution >= 4 is 5.97 Å². The highest BCUT2D eigenvalue weighted by molar-refractivity contribution is 5.87. The van der Waals surface area contributed by atoms with Crippen LogP contribution >= 0.6 is 0 Å². The molecule has 0 amide bonds. The topological polar surface area (TPSA) is 53.0 Å². The van der Waals surface area contributed by atoms with Crippen molar-refractivity contribution in [3.8, 4) is 5.75 Å². The standard InChI is InChI=1S/C17H24N2O3/c20-17(21)14-4-6-16(7-5-14)22-12-2-8-18-10-11-19-9-1-3-15(19)13-18/h4-7,15H,1-3,8-13H2,(H,20,21). The van der Waals surface area contributed by atoms with E-state index < -0.39 is 5.97 Å². The van der Waals surface area contributed by atoms with Crippen LogP contribution in [-0.2, 0) is 0 Å². The molecule has 0 aliphatic carbocycles. The number of piperazine rings is 1. The number of carboxylic acid groups (broad SMARTS) is 1. The van der Waals surface area contributed by atoms with E-state index in [9.17, 15) is 4.79 Å². The van der Waals surface area contributed by atoms with Crippen LogP contribution in [0.15, 0.2) is 24.3 Å². The van der Waals surface area contributed by atoms with Crippen LogP contribution in [0, 0.1) is 0 Å². The largest absolute Gasteiger partial charge is 0.494 e. The van der Waals surface area contributed by atoms with Crippen LogP contribution in [0.3, 0.4) is 0 Å². The molecular weight excluding hydrogens is 280 g/mol. The minimum atomic E-state index is -0.905. The van der Waals surface area contributed by atoms with Gasteiger partial charge in [-0.2, -0.15) is 0 Å². The van der Waals surface area contributed by atoms with E-state index >= 15 is 0 Å². The molecule has 0 spiro atoms. The van der Waals surface area contributed by atoms with E-state index in [1.165, 1.54) is 39.0 Å². The Kier molecular flexibility index (Phi) is 4.95. The first-order chi connectivity index (χ1) is 10.7. The third kappa shape index (κ3) is 3.78. The smallest absolute Gasteiger partial charge is 0.335 e. The van der Waals surface area contributed by atoms with E-state index in [2.05, 4.69) is 9.80 Å². The van der Waals surface area contributed by atoms with Gasteiger partial charge in [0.1, 0.15) is 5.75 Å². The summed E-state index contributed by atoms with van der Waals surface area (Å²) in [6, 6.07) is 7.38. The van der Waals surface area contributed by atoms with E-state index in [1.54, 1.807) is 24.3 Å². The van der Waals surface area contributed by atoms with E-state index in [-0.39, 0.29) is 0 Å². The van der Waals surface area contributed by atoms with Crippen LogP contribution in [0.25, 0.3) is 0 Å². The Morgan fingerprint density at radius 3 is 2.82 bits per heavy atom. The minimum absolute atomic E-state index is 0.293. The zero-order valence-corrected chi connectivity index (χ0v) is 12.9. The molecule has 2 heterocycles. The molecule has 0 saturated carbocycles. The maximum Gasteiger partial charge on any atom is 0.335 e. The molecule has 2 saturated heterocycles. The fraction of sp³-hybridized carbons (Fsp3) is 0.588. The summed E-state index contributed by atoms with van der Waals surface area (Å²) in [5, 5.41) is 8.85. The quantitative estimate of drug-likeness (QED) is 0.814. The first kappa shape index (κ1) is 15.3. The van der Waals surface area contributed by atoms with E-state index in [4.69, 9.17) is 9.84 Å². The second kappa shape index (κ2) is 7.11. The Morgan fingerprint density at radius 1 is 1.23 bits per heavy atom. The number of hydrogen-bond acceptors (Lipinski definition) is 4. The molecule has 120 valence electrons. The monoisotopic (exact) mass is 304 g/mol. The van der Waals surface area contributed by atoms with Crippen LogP contribution < -0.4 is 4.74 Å². The third-order valence-electron chi connectivity index (χ3n) is 4.66. The highest BCUT2D eigenvalue weighted by Gasteiger charge is 2.29. The molecule has 1 aromatic carbocycles. The minimum Gasteiger partial charge on any atom is -0.494 e. The van der Waals surface area contributed by atoms with Gasteiger partial charge in [0, 0.05) is 32.2 Å². The molecular formula is C17H24N2O3. The summed E-state index contributed by atoms with van der Waals surface area (Å²) in [4.78, 5) is 15.9. The normalized spacial score (nSPS) is 22.5. The van der Waals surface area contributed by atoms with Crippen LogP contribution in [0.5, 0.6) is 5.75 Å². The number of fused-ring (bicyclic) bond motifs is 1. The second-order valence-corrected chi connectivity index (χ2v) is 6.16. The Bertz CT molecular complexity index is 503. The summed E-state index contributed by atoms with van der Waals surface area (Å²) < 4.78 is 5.69. The second-order valence-electron chi connectivity index (χ2n) is 6.16. The van der Waals surface area contributed by atoms with Crippen molar-refractivity contribution < 1.29 is 14.6 Å². The molecule has 1 aromatic rings. The number of nitrogens with zero attached hydrogens (tertiary/aromatic N) is 2. The Morgan fingerprint density at radius 2 is 2.05 bits per heavy atom. The molecule has 1 unspecified atom stereocenters. The molecule has 2 fully saturated rings. The maximum absolute atomic E-state index is 10.8. The van der Waals surface area contributed by atoms with Gasteiger partial charge in [-0.1, -0.05) is 0 Å². The van der Waals surface area contributed by atoms with Gasteiger partial charge < -0.3 is 14.7 Å². The van der Waals surface area contributed by atoms with Gasteiger partial charge >= 0.3 is 5.97 Å². The van der Waals surface area contributed by atoms with Gasteiger partial charge in [0.25, 0.3) is 0 Å². The molecule has 0 radical (unpaired) electrons. The average molecular weight is 304 g/mol. The Labute approximate surface area is 131 Å². The van der Waals surface area contributed by atoms with Gasteiger partial charge in [0.15, 0.2) is 0 Å². The van der Waals surface area contributed by atoms with Crippen molar-refractivity contribution in [3.63, 3.8) is 0 Å². The molecule has 1 atom stereocenters. The van der Waals surface area contributed by atoms with Crippen LogP contribution in [0.1, 0.15) is 29.6 Å². The molecule has 2 aliphatic rings. The first-order valence-electron chi connectivity index (χ1n) is 8.15. The zero-order chi connectivity index (χ0) is 15.4. The van der Waals surface area contributed by atoms with E-state index in [0.717, 1.165) is 24.8 Å². The van der Waals surface area contributed by atoms with Crippen molar-refractivity contribution in [2.24, 2.45) is 0 Å². The SMILES string of the molecule is O=C(O)c1ccc(OCCCN2CCN3CCCC3C2)cc1. The number of carboxylic acids is 1. The van der Waals surface area contributed by atoms with Gasteiger partial charge in [-0.3, -0.25) is 4.90 Å². The van der Waals surface area contributed by atoms with Gasteiger partial charge in [0.05, 0.1) is 12.2 Å². The summed E-state index contributed by atoms with van der Waals surface area (Å²) in [5.74, 6) is -0.164. The van der Waals surface area contributed by atoms with Crippen LogP contribution in [0.2, 0.25) is 0 Å². The van der Waals surface area contributed by atoms with E-state index in [1.807, 2.05) is 0 Å². The third-order valence-corrected chi connectivity index (χ3v) is 4.66. The Balaban J connectivity index is 1.36. The molecule has 0 bridgehead atoms. The summed E-state index contributed by atoms with van der Waals surface area (Å²) in [7, 11) is 0. The zero-order valence-electron chi connectivity index (χ0n) is 12.9. The fourth-order valence-corrected chi connectivity index (χ4v) is 3.43. The number of hydrogen-bond donors (Lipinski definition) is 1. The highest BCUT2D eigenvalue weighted by atomic mass is 16.5. The fourth-order valence-electron chi connectivity index (χ4n) is 3.43. The van der Waals surface area contributed by atoms with Gasteiger partial charge in [0.2, 0.25) is 0 Å². The lowest BCUT2D eigenvalue weighted by atomic mass is 10.1. The van der Waals surface area contributed by atoms with E-state index in [0.29, 0.717) is 12.2 Å². The molecule has 3 rings (SSSR count). The molecule has 0 aromatic heterocycles. The molecule has 22 heavy (non-hydrogen) atoms. The van der Waals surface area contributed by atoms with Gasteiger partial charge in [-0.05, 0) is 50.1 Å². The number of ether oxygens (including phenoxy) is 1. The van der Waals surface area contributed by atoms with Crippen molar-refractivity contribution in [2.75, 3.05) is 39.3 Å². The molecule has 2 aliphatic heterocycles. The van der Waals surface area contributed by atoms with Crippen LogP contribution in [0.4, 0.5) is 0 Å². The van der Waals surface area contributed by atoms with Crippen molar-refractivity contribution in [1.29, 1.82) is 0 Å². The number of benzene rings is 1. The number of carbonyl (C=O) groups is 1. The van der Waals surface area contributed by atoms with Gasteiger partial charge in [-0.25, -0.2) is 4.79 Å².